The summed E-state index contributed by atoms with van der Waals surface area (Å²) in [6.07, 6.45) is 2.43. The van der Waals surface area contributed by atoms with Gasteiger partial charge in [0.1, 0.15) is 11.5 Å². The minimum absolute atomic E-state index is 0.0411. The normalized spacial score (nSPS) is 21.6. The van der Waals surface area contributed by atoms with E-state index in [1.807, 2.05) is 0 Å². The highest BCUT2D eigenvalue weighted by molar-refractivity contribution is 6.32. The zero-order valence-electron chi connectivity index (χ0n) is 11.6. The molecule has 2 rings (SSSR count). The third-order valence-electron chi connectivity index (χ3n) is 3.58. The van der Waals surface area contributed by atoms with Crippen LogP contribution in [-0.2, 0) is 4.79 Å². The summed E-state index contributed by atoms with van der Waals surface area (Å²) < 4.78 is 10.4. The van der Waals surface area contributed by atoms with Crippen molar-refractivity contribution >= 4 is 23.2 Å². The van der Waals surface area contributed by atoms with E-state index in [4.69, 9.17) is 26.8 Å². The van der Waals surface area contributed by atoms with Crippen molar-refractivity contribution in [2.24, 2.45) is 11.7 Å². The molecule has 20 heavy (non-hydrogen) atoms. The molecule has 110 valence electrons. The van der Waals surface area contributed by atoms with E-state index in [-0.39, 0.29) is 17.9 Å². The molecule has 1 aromatic carbocycles. The van der Waals surface area contributed by atoms with Crippen LogP contribution >= 0.6 is 11.6 Å². The van der Waals surface area contributed by atoms with E-state index in [0.29, 0.717) is 22.2 Å². The third-order valence-corrected chi connectivity index (χ3v) is 3.87. The van der Waals surface area contributed by atoms with Crippen LogP contribution in [0.25, 0.3) is 0 Å². The standard InChI is InChI=1S/C14H19ClN2O3/c1-19-12-7-11(13(20-2)6-10(12)15)17-14(18)8-3-4-9(16)5-8/h6-9H,3-5,16H2,1-2H3,(H,17,18). The van der Waals surface area contributed by atoms with Gasteiger partial charge < -0.3 is 20.5 Å². The molecule has 1 fully saturated rings. The van der Waals surface area contributed by atoms with Gasteiger partial charge in [0.2, 0.25) is 5.91 Å². The van der Waals surface area contributed by atoms with Crippen LogP contribution in [-0.4, -0.2) is 26.2 Å². The fraction of sp³-hybridized carbons (Fsp3) is 0.500. The number of ether oxygens (including phenoxy) is 2. The molecule has 0 aromatic heterocycles. The monoisotopic (exact) mass is 298 g/mol. The van der Waals surface area contributed by atoms with Crippen LogP contribution in [0.2, 0.25) is 5.02 Å². The molecule has 0 radical (unpaired) electrons. The predicted octanol–water partition coefficient (Wildman–Crippen LogP) is 2.42. The fourth-order valence-corrected chi connectivity index (χ4v) is 2.68. The number of benzene rings is 1. The molecule has 0 spiro atoms. The second kappa shape index (κ2) is 6.33. The summed E-state index contributed by atoms with van der Waals surface area (Å²) >= 11 is 6.03. The lowest BCUT2D eigenvalue weighted by Gasteiger charge is -2.15. The first-order chi connectivity index (χ1) is 9.55. The highest BCUT2D eigenvalue weighted by Gasteiger charge is 2.28. The van der Waals surface area contributed by atoms with Crippen LogP contribution in [0.3, 0.4) is 0 Å². The smallest absolute Gasteiger partial charge is 0.227 e. The van der Waals surface area contributed by atoms with E-state index in [0.717, 1.165) is 19.3 Å². The zero-order chi connectivity index (χ0) is 14.7. The van der Waals surface area contributed by atoms with Crippen molar-refractivity contribution in [1.82, 2.24) is 0 Å². The Hall–Kier alpha value is -1.46. The number of carbonyl (C=O) groups excluding carboxylic acids is 1. The minimum Gasteiger partial charge on any atom is -0.495 e. The molecule has 1 amide bonds. The van der Waals surface area contributed by atoms with Gasteiger partial charge in [-0.1, -0.05) is 11.6 Å². The quantitative estimate of drug-likeness (QED) is 0.895. The van der Waals surface area contributed by atoms with Crippen molar-refractivity contribution in [2.45, 2.75) is 25.3 Å². The summed E-state index contributed by atoms with van der Waals surface area (Å²) in [5.74, 6) is 0.911. The van der Waals surface area contributed by atoms with Crippen LogP contribution in [0.4, 0.5) is 5.69 Å². The van der Waals surface area contributed by atoms with Crippen LogP contribution in [0.15, 0.2) is 12.1 Å². The van der Waals surface area contributed by atoms with Gasteiger partial charge in [-0.05, 0) is 19.3 Å². The van der Waals surface area contributed by atoms with Crippen LogP contribution < -0.4 is 20.5 Å². The Labute approximate surface area is 123 Å². The lowest BCUT2D eigenvalue weighted by atomic mass is 10.1. The second-order valence-corrected chi connectivity index (χ2v) is 5.35. The summed E-state index contributed by atoms with van der Waals surface area (Å²) in [5.41, 5.74) is 6.39. The summed E-state index contributed by atoms with van der Waals surface area (Å²) in [5, 5.41) is 3.30. The number of carbonyl (C=O) groups is 1. The van der Waals surface area contributed by atoms with Crippen molar-refractivity contribution in [3.63, 3.8) is 0 Å². The van der Waals surface area contributed by atoms with Crippen molar-refractivity contribution in [2.75, 3.05) is 19.5 Å². The van der Waals surface area contributed by atoms with Gasteiger partial charge in [0.15, 0.2) is 0 Å². The minimum atomic E-state index is -0.0450. The van der Waals surface area contributed by atoms with Gasteiger partial charge in [0, 0.05) is 24.1 Å². The van der Waals surface area contributed by atoms with Crippen LogP contribution in [0.5, 0.6) is 11.5 Å². The van der Waals surface area contributed by atoms with E-state index in [2.05, 4.69) is 5.32 Å². The van der Waals surface area contributed by atoms with Gasteiger partial charge in [-0.2, -0.15) is 0 Å². The third kappa shape index (κ3) is 3.16. The molecule has 1 aliphatic carbocycles. The lowest BCUT2D eigenvalue weighted by molar-refractivity contribution is -0.119. The molecule has 0 heterocycles. The number of hydrogen-bond acceptors (Lipinski definition) is 4. The van der Waals surface area contributed by atoms with Crippen molar-refractivity contribution < 1.29 is 14.3 Å². The van der Waals surface area contributed by atoms with E-state index < -0.39 is 0 Å². The Kier molecular flexibility index (Phi) is 4.73. The van der Waals surface area contributed by atoms with Gasteiger partial charge in [0.05, 0.1) is 24.9 Å². The number of halogens is 1. The molecule has 2 atom stereocenters. The summed E-state index contributed by atoms with van der Waals surface area (Å²) in [7, 11) is 3.05. The second-order valence-electron chi connectivity index (χ2n) is 4.95. The van der Waals surface area contributed by atoms with Gasteiger partial charge in [0.25, 0.3) is 0 Å². The number of hydrogen-bond donors (Lipinski definition) is 2. The number of rotatable bonds is 4. The SMILES string of the molecule is COc1cc(NC(=O)C2CCC(N)C2)c(OC)cc1Cl. The molecule has 1 aromatic rings. The van der Waals surface area contributed by atoms with Crippen LogP contribution in [0.1, 0.15) is 19.3 Å². The molecule has 0 bridgehead atoms. The van der Waals surface area contributed by atoms with Gasteiger partial charge in [-0.15, -0.1) is 0 Å². The summed E-state index contributed by atoms with van der Waals surface area (Å²) in [6, 6.07) is 3.40. The molecule has 5 nitrogen and oxygen atoms in total. The average molecular weight is 299 g/mol. The van der Waals surface area contributed by atoms with Crippen molar-refractivity contribution in [3.05, 3.63) is 17.2 Å². The van der Waals surface area contributed by atoms with E-state index >= 15 is 0 Å². The Balaban J connectivity index is 2.17. The molecule has 1 aliphatic rings. The highest BCUT2D eigenvalue weighted by atomic mass is 35.5. The Bertz CT molecular complexity index is 507. The fourth-order valence-electron chi connectivity index (χ4n) is 2.45. The van der Waals surface area contributed by atoms with Gasteiger partial charge in [-0.25, -0.2) is 0 Å². The molecule has 0 saturated heterocycles. The Morgan fingerprint density at radius 2 is 2.00 bits per heavy atom. The van der Waals surface area contributed by atoms with E-state index in [1.165, 1.54) is 14.2 Å². The van der Waals surface area contributed by atoms with Crippen molar-refractivity contribution in [1.29, 1.82) is 0 Å². The lowest BCUT2D eigenvalue weighted by Crippen LogP contribution is -2.23. The maximum Gasteiger partial charge on any atom is 0.227 e. The Morgan fingerprint density at radius 3 is 2.55 bits per heavy atom. The van der Waals surface area contributed by atoms with Gasteiger partial charge >= 0.3 is 0 Å². The Morgan fingerprint density at radius 1 is 1.30 bits per heavy atom. The molecule has 2 unspecified atom stereocenters. The first kappa shape index (κ1) is 14.9. The average Bonchev–Trinajstić information content (AvgIpc) is 2.87. The van der Waals surface area contributed by atoms with Crippen molar-refractivity contribution in [3.8, 4) is 11.5 Å². The number of nitrogens with two attached hydrogens (primary N) is 1. The first-order valence-corrected chi connectivity index (χ1v) is 6.91. The molecular weight excluding hydrogens is 280 g/mol. The topological polar surface area (TPSA) is 73.6 Å². The molecule has 1 saturated carbocycles. The number of anilines is 1. The van der Waals surface area contributed by atoms with Gasteiger partial charge in [-0.3, -0.25) is 4.79 Å². The highest BCUT2D eigenvalue weighted by Crippen LogP contribution is 2.36. The first-order valence-electron chi connectivity index (χ1n) is 6.53. The number of methoxy groups -OCH3 is 2. The molecule has 0 aliphatic heterocycles. The van der Waals surface area contributed by atoms with Crippen LogP contribution in [0, 0.1) is 5.92 Å². The van der Waals surface area contributed by atoms with E-state index in [9.17, 15) is 4.79 Å². The molecule has 6 heteroatoms. The number of nitrogens with one attached hydrogen (secondary N) is 1. The van der Waals surface area contributed by atoms with E-state index in [1.54, 1.807) is 12.1 Å². The summed E-state index contributed by atoms with van der Waals surface area (Å²) in [6.45, 7) is 0. The summed E-state index contributed by atoms with van der Waals surface area (Å²) in [4.78, 5) is 12.2. The molecular formula is C14H19ClN2O3. The maximum absolute atomic E-state index is 12.2. The number of amides is 1. The molecule has 3 N–H and O–H groups in total. The largest absolute Gasteiger partial charge is 0.495 e. The maximum atomic E-state index is 12.2. The zero-order valence-corrected chi connectivity index (χ0v) is 12.4. The predicted molar refractivity (Wildman–Crippen MR) is 78.5 cm³/mol.